The summed E-state index contributed by atoms with van der Waals surface area (Å²) in [5, 5.41) is 10.8. The minimum Gasteiger partial charge on any atom is -0.354 e. The fourth-order valence-electron chi connectivity index (χ4n) is 3.73. The molecule has 0 bridgehead atoms. The average molecular weight is 381 g/mol. The molecule has 1 atom stereocenters. The topological polar surface area (TPSA) is 77.5 Å². The van der Waals surface area contributed by atoms with Crippen LogP contribution in [0.25, 0.3) is 11.3 Å². The van der Waals surface area contributed by atoms with E-state index in [2.05, 4.69) is 37.5 Å². The molecule has 0 radical (unpaired) electrons. The van der Waals surface area contributed by atoms with E-state index in [0.29, 0.717) is 6.54 Å². The maximum Gasteiger partial charge on any atom is 0.239 e. The Morgan fingerprint density at radius 1 is 1.11 bits per heavy atom. The van der Waals surface area contributed by atoms with E-state index in [0.717, 1.165) is 62.6 Å². The van der Waals surface area contributed by atoms with E-state index in [9.17, 15) is 4.79 Å². The van der Waals surface area contributed by atoms with E-state index in [4.69, 9.17) is 0 Å². The predicted molar refractivity (Wildman–Crippen MR) is 107 cm³/mol. The lowest BCUT2D eigenvalue weighted by molar-refractivity contribution is -0.131. The van der Waals surface area contributed by atoms with E-state index >= 15 is 0 Å². The predicted octanol–water partition coefficient (Wildman–Crippen LogP) is 1.03. The molecule has 0 aliphatic carbocycles. The first kappa shape index (κ1) is 18.8. The summed E-state index contributed by atoms with van der Waals surface area (Å²) in [5.41, 5.74) is 4.86. The summed E-state index contributed by atoms with van der Waals surface area (Å²) in [7, 11) is 2.11. The van der Waals surface area contributed by atoms with Crippen LogP contribution in [0, 0.1) is 5.92 Å². The Labute approximate surface area is 165 Å². The number of nitrogens with zero attached hydrogens (tertiary/aromatic N) is 6. The number of carbonyl (C=O) groups is 1. The highest BCUT2D eigenvalue weighted by molar-refractivity contribution is 5.79. The molecule has 0 aromatic carbocycles. The van der Waals surface area contributed by atoms with Gasteiger partial charge in [-0.2, -0.15) is 0 Å². The molecule has 8 heteroatoms. The Morgan fingerprint density at radius 2 is 1.96 bits per heavy atom. The molecule has 1 N–H and O–H groups in total. The van der Waals surface area contributed by atoms with Gasteiger partial charge in [0.15, 0.2) is 5.82 Å². The number of likely N-dealkylation sites (N-methyl/N-ethyl adjacent to an activating group) is 1. The maximum atomic E-state index is 12.7. The number of nitrogens with one attached hydrogen (secondary N) is 1. The number of hydrazine groups is 1. The Bertz CT molecular complexity index is 775. The number of piperazine rings is 1. The summed E-state index contributed by atoms with van der Waals surface area (Å²) in [4.78, 5) is 21.3. The molecule has 2 aliphatic rings. The zero-order valence-electron chi connectivity index (χ0n) is 16.3. The van der Waals surface area contributed by atoms with Crippen molar-refractivity contribution in [3.8, 4) is 11.3 Å². The van der Waals surface area contributed by atoms with Crippen LogP contribution in [0.4, 0.5) is 5.82 Å². The van der Waals surface area contributed by atoms with Gasteiger partial charge in [0.1, 0.15) is 0 Å². The number of aromatic nitrogens is 3. The zero-order chi connectivity index (χ0) is 19.3. The summed E-state index contributed by atoms with van der Waals surface area (Å²) in [6.07, 6.45) is 5.42. The molecule has 2 aliphatic heterocycles. The minimum atomic E-state index is -0.0202. The molecule has 1 amide bonds. The van der Waals surface area contributed by atoms with E-state index < -0.39 is 0 Å². The van der Waals surface area contributed by atoms with Gasteiger partial charge < -0.3 is 9.80 Å². The van der Waals surface area contributed by atoms with Crippen LogP contribution in [0.2, 0.25) is 0 Å². The van der Waals surface area contributed by atoms with Crippen molar-refractivity contribution in [2.75, 3.05) is 51.2 Å². The molecule has 8 nitrogen and oxygen atoms in total. The van der Waals surface area contributed by atoms with Gasteiger partial charge in [-0.05, 0) is 44.2 Å². The van der Waals surface area contributed by atoms with Gasteiger partial charge in [0.05, 0.1) is 11.6 Å². The van der Waals surface area contributed by atoms with Gasteiger partial charge in [-0.1, -0.05) is 0 Å². The molecule has 0 spiro atoms. The third-order valence-electron chi connectivity index (χ3n) is 5.50. The van der Waals surface area contributed by atoms with Gasteiger partial charge in [-0.15, -0.1) is 10.2 Å². The number of hydrogen-bond acceptors (Lipinski definition) is 7. The molecule has 0 saturated carbocycles. The van der Waals surface area contributed by atoms with Crippen molar-refractivity contribution in [2.24, 2.45) is 5.92 Å². The van der Waals surface area contributed by atoms with E-state index in [1.807, 2.05) is 29.3 Å². The second-order valence-electron chi connectivity index (χ2n) is 7.57. The average Bonchev–Trinajstić information content (AvgIpc) is 2.76. The monoisotopic (exact) mass is 381 g/mol. The second kappa shape index (κ2) is 8.62. The van der Waals surface area contributed by atoms with Crippen LogP contribution in [0.15, 0.2) is 36.7 Å². The molecular weight excluding hydrogens is 354 g/mol. The Hall–Kier alpha value is -2.58. The highest BCUT2D eigenvalue weighted by Crippen LogP contribution is 2.23. The van der Waals surface area contributed by atoms with Crippen LogP contribution < -0.4 is 10.3 Å². The smallest absolute Gasteiger partial charge is 0.239 e. The molecule has 2 saturated heterocycles. The molecule has 2 aromatic rings. The number of hydrogen-bond donors (Lipinski definition) is 1. The van der Waals surface area contributed by atoms with Gasteiger partial charge in [-0.25, -0.2) is 5.01 Å². The largest absolute Gasteiger partial charge is 0.354 e. The van der Waals surface area contributed by atoms with Crippen LogP contribution in [-0.2, 0) is 4.79 Å². The third-order valence-corrected chi connectivity index (χ3v) is 5.50. The van der Waals surface area contributed by atoms with Crippen molar-refractivity contribution in [2.45, 2.75) is 12.8 Å². The SMILES string of the molecule is CN1CCN(NC(=O)C2CCCN(c3ccc(-c4cccnc4)nn3)C2)CC1. The van der Waals surface area contributed by atoms with Gasteiger partial charge in [-0.3, -0.25) is 15.2 Å². The van der Waals surface area contributed by atoms with Gasteiger partial charge in [0, 0.05) is 57.2 Å². The number of pyridine rings is 1. The summed E-state index contributed by atoms with van der Waals surface area (Å²) in [6.45, 7) is 5.30. The van der Waals surface area contributed by atoms with Gasteiger partial charge in [0.2, 0.25) is 5.91 Å². The van der Waals surface area contributed by atoms with Crippen LogP contribution in [0.1, 0.15) is 12.8 Å². The number of rotatable bonds is 4. The van der Waals surface area contributed by atoms with Crippen LogP contribution >= 0.6 is 0 Å². The lowest BCUT2D eigenvalue weighted by Gasteiger charge is -2.36. The maximum absolute atomic E-state index is 12.7. The lowest BCUT2D eigenvalue weighted by Crippen LogP contribution is -2.55. The van der Waals surface area contributed by atoms with Gasteiger partial charge >= 0.3 is 0 Å². The summed E-state index contributed by atoms with van der Waals surface area (Å²) in [6, 6.07) is 7.80. The minimum absolute atomic E-state index is 0.0202. The lowest BCUT2D eigenvalue weighted by atomic mass is 9.97. The molecule has 2 fully saturated rings. The highest BCUT2D eigenvalue weighted by atomic mass is 16.2. The molecular formula is C20H27N7O. The summed E-state index contributed by atoms with van der Waals surface area (Å²) < 4.78 is 0. The van der Waals surface area contributed by atoms with E-state index in [1.54, 1.807) is 12.4 Å². The van der Waals surface area contributed by atoms with Crippen LogP contribution in [0.5, 0.6) is 0 Å². The van der Waals surface area contributed by atoms with E-state index in [1.165, 1.54) is 0 Å². The van der Waals surface area contributed by atoms with Crippen molar-refractivity contribution < 1.29 is 4.79 Å². The third kappa shape index (κ3) is 4.45. The first-order valence-corrected chi connectivity index (χ1v) is 9.92. The zero-order valence-corrected chi connectivity index (χ0v) is 16.3. The van der Waals surface area contributed by atoms with Crippen molar-refractivity contribution in [3.63, 3.8) is 0 Å². The first-order valence-electron chi connectivity index (χ1n) is 9.92. The van der Waals surface area contributed by atoms with Crippen molar-refractivity contribution in [1.82, 2.24) is 30.5 Å². The first-order chi connectivity index (χ1) is 13.7. The molecule has 4 heterocycles. The van der Waals surface area contributed by atoms with Crippen LogP contribution in [0.3, 0.4) is 0 Å². The number of amides is 1. The van der Waals surface area contributed by atoms with Gasteiger partial charge in [0.25, 0.3) is 0 Å². The van der Waals surface area contributed by atoms with Crippen molar-refractivity contribution in [3.05, 3.63) is 36.7 Å². The summed E-state index contributed by atoms with van der Waals surface area (Å²) >= 11 is 0. The quantitative estimate of drug-likeness (QED) is 0.848. The fourth-order valence-corrected chi connectivity index (χ4v) is 3.73. The number of carbonyl (C=O) groups excluding carboxylic acids is 1. The summed E-state index contributed by atoms with van der Waals surface area (Å²) in [5.74, 6) is 0.923. The molecule has 2 aromatic heterocycles. The Kier molecular flexibility index (Phi) is 5.78. The van der Waals surface area contributed by atoms with Crippen LogP contribution in [-0.4, -0.2) is 77.3 Å². The fraction of sp³-hybridized carbons (Fsp3) is 0.500. The number of piperidine rings is 1. The standard InChI is InChI=1S/C20H27N7O/c1-25-10-12-27(13-11-25)24-20(28)17-5-3-9-26(15-17)19-7-6-18(22-23-19)16-4-2-8-21-14-16/h2,4,6-8,14,17H,3,5,9-13,15H2,1H3,(H,24,28). The molecule has 148 valence electrons. The van der Waals surface area contributed by atoms with E-state index in [-0.39, 0.29) is 11.8 Å². The Morgan fingerprint density at radius 3 is 2.68 bits per heavy atom. The Balaban J connectivity index is 1.36. The second-order valence-corrected chi connectivity index (χ2v) is 7.57. The number of anilines is 1. The molecule has 28 heavy (non-hydrogen) atoms. The highest BCUT2D eigenvalue weighted by Gasteiger charge is 2.28. The molecule has 1 unspecified atom stereocenters. The van der Waals surface area contributed by atoms with Crippen molar-refractivity contribution >= 4 is 11.7 Å². The van der Waals surface area contributed by atoms with Crippen molar-refractivity contribution in [1.29, 1.82) is 0 Å². The normalized spacial score (nSPS) is 21.5. The molecule has 4 rings (SSSR count).